The first-order chi connectivity index (χ1) is 6.56. The van der Waals surface area contributed by atoms with Crippen LogP contribution < -0.4 is 4.74 Å². The lowest BCUT2D eigenvalue weighted by Crippen LogP contribution is -2.13. The number of ether oxygens (including phenoxy) is 1. The van der Waals surface area contributed by atoms with Gasteiger partial charge in [-0.3, -0.25) is 0 Å². The van der Waals surface area contributed by atoms with Crippen LogP contribution in [0.15, 0.2) is 18.2 Å². The Kier molecular flexibility index (Phi) is 3.75. The Labute approximate surface area is 87.9 Å². The highest BCUT2D eigenvalue weighted by Crippen LogP contribution is 2.28. The van der Waals surface area contributed by atoms with Crippen molar-refractivity contribution < 1.29 is 14.9 Å². The fourth-order valence-electron chi connectivity index (χ4n) is 1.15. The Bertz CT molecular complexity index is 312. The van der Waals surface area contributed by atoms with Crippen LogP contribution in [0.1, 0.15) is 18.6 Å². The van der Waals surface area contributed by atoms with Crippen LogP contribution in [0, 0.1) is 0 Å². The van der Waals surface area contributed by atoms with Gasteiger partial charge in [-0.25, -0.2) is 0 Å². The maximum Gasteiger partial charge on any atom is 0.137 e. The minimum Gasteiger partial charge on any atom is -0.495 e. The second kappa shape index (κ2) is 4.64. The van der Waals surface area contributed by atoms with Crippen molar-refractivity contribution in [2.45, 2.75) is 19.1 Å². The molecular weight excluding hydrogens is 204 g/mol. The van der Waals surface area contributed by atoms with Gasteiger partial charge in [-0.05, 0) is 24.6 Å². The number of benzene rings is 1. The van der Waals surface area contributed by atoms with E-state index in [2.05, 4.69) is 0 Å². The lowest BCUT2D eigenvalue weighted by Gasteiger charge is -2.14. The molecule has 0 saturated carbocycles. The number of hydrogen-bond donors (Lipinski definition) is 2. The molecule has 78 valence electrons. The fraction of sp³-hybridized carbons (Fsp3) is 0.400. The van der Waals surface area contributed by atoms with E-state index in [4.69, 9.17) is 21.4 Å². The maximum absolute atomic E-state index is 9.54. The summed E-state index contributed by atoms with van der Waals surface area (Å²) in [5, 5.41) is 19.1. The molecule has 0 amide bonds. The van der Waals surface area contributed by atoms with Gasteiger partial charge in [0, 0.05) is 0 Å². The van der Waals surface area contributed by atoms with Crippen LogP contribution in [0.2, 0.25) is 5.02 Å². The summed E-state index contributed by atoms with van der Waals surface area (Å²) in [4.78, 5) is 0. The molecule has 1 rings (SSSR count). The van der Waals surface area contributed by atoms with Crippen LogP contribution in [0.4, 0.5) is 0 Å². The highest BCUT2D eigenvalue weighted by molar-refractivity contribution is 6.32. The van der Waals surface area contributed by atoms with Crippen molar-refractivity contribution in [1.82, 2.24) is 0 Å². The number of hydrogen-bond acceptors (Lipinski definition) is 3. The summed E-state index contributed by atoms with van der Waals surface area (Å²) in [6.07, 6.45) is -1.74. The summed E-state index contributed by atoms with van der Waals surface area (Å²) < 4.78 is 4.96. The number of halogens is 1. The van der Waals surface area contributed by atoms with Crippen LogP contribution in [0.3, 0.4) is 0 Å². The average Bonchev–Trinajstić information content (AvgIpc) is 2.16. The highest BCUT2D eigenvalue weighted by atomic mass is 35.5. The summed E-state index contributed by atoms with van der Waals surface area (Å²) in [7, 11) is 1.52. The Morgan fingerprint density at radius 2 is 2.00 bits per heavy atom. The summed E-state index contributed by atoms with van der Waals surface area (Å²) in [5.41, 5.74) is 0.575. The molecule has 1 aromatic carbocycles. The Morgan fingerprint density at radius 1 is 1.36 bits per heavy atom. The first kappa shape index (κ1) is 11.3. The lowest BCUT2D eigenvalue weighted by atomic mass is 10.1. The highest BCUT2D eigenvalue weighted by Gasteiger charge is 2.14. The molecule has 0 heterocycles. The molecule has 14 heavy (non-hydrogen) atoms. The first-order valence-corrected chi connectivity index (χ1v) is 4.63. The SMILES string of the molecule is COc1ccc([C@@H](O)[C@H](C)O)cc1Cl. The summed E-state index contributed by atoms with van der Waals surface area (Å²) >= 11 is 5.86. The van der Waals surface area contributed by atoms with Gasteiger partial charge in [0.2, 0.25) is 0 Å². The van der Waals surface area contributed by atoms with Crippen LogP contribution in [-0.4, -0.2) is 23.4 Å². The molecule has 0 fully saturated rings. The largest absolute Gasteiger partial charge is 0.495 e. The fourth-order valence-corrected chi connectivity index (χ4v) is 1.41. The minimum absolute atomic E-state index is 0.421. The summed E-state index contributed by atoms with van der Waals surface area (Å²) in [5.74, 6) is 0.549. The third-order valence-electron chi connectivity index (χ3n) is 1.97. The zero-order valence-corrected chi connectivity index (χ0v) is 8.82. The number of rotatable bonds is 3. The maximum atomic E-state index is 9.54. The van der Waals surface area contributed by atoms with Gasteiger partial charge in [-0.2, -0.15) is 0 Å². The predicted molar refractivity (Wildman–Crippen MR) is 54.6 cm³/mol. The Morgan fingerprint density at radius 3 is 2.43 bits per heavy atom. The second-order valence-corrected chi connectivity index (χ2v) is 3.49. The van der Waals surface area contributed by atoms with Gasteiger partial charge in [-0.15, -0.1) is 0 Å². The zero-order valence-electron chi connectivity index (χ0n) is 8.07. The molecule has 0 aliphatic rings. The third-order valence-corrected chi connectivity index (χ3v) is 2.27. The molecule has 0 aliphatic heterocycles. The Balaban J connectivity index is 2.96. The first-order valence-electron chi connectivity index (χ1n) is 4.26. The van der Waals surface area contributed by atoms with Crippen molar-refractivity contribution in [1.29, 1.82) is 0 Å². The van der Waals surface area contributed by atoms with Gasteiger partial charge in [0.15, 0.2) is 0 Å². The van der Waals surface area contributed by atoms with Crippen LogP contribution in [0.5, 0.6) is 5.75 Å². The van der Waals surface area contributed by atoms with Crippen LogP contribution >= 0.6 is 11.6 Å². The van der Waals surface area contributed by atoms with Crippen molar-refractivity contribution >= 4 is 11.6 Å². The molecule has 0 saturated heterocycles. The molecule has 3 nitrogen and oxygen atoms in total. The standard InChI is InChI=1S/C10H13ClO3/c1-6(12)10(13)7-3-4-9(14-2)8(11)5-7/h3-6,10,12-13H,1-2H3/t6-,10-/m0/s1. The number of methoxy groups -OCH3 is 1. The smallest absolute Gasteiger partial charge is 0.137 e. The van der Waals surface area contributed by atoms with Crippen molar-refractivity contribution in [3.8, 4) is 5.75 Å². The van der Waals surface area contributed by atoms with Gasteiger partial charge in [0.05, 0.1) is 18.2 Å². The topological polar surface area (TPSA) is 49.7 Å². The summed E-state index contributed by atoms with van der Waals surface area (Å²) in [6.45, 7) is 1.52. The van der Waals surface area contributed by atoms with Gasteiger partial charge >= 0.3 is 0 Å². The molecule has 0 unspecified atom stereocenters. The van der Waals surface area contributed by atoms with Crippen molar-refractivity contribution in [2.24, 2.45) is 0 Å². The predicted octanol–water partition coefficient (Wildman–Crippen LogP) is 1.76. The molecule has 0 bridgehead atoms. The normalized spacial score (nSPS) is 14.9. The molecule has 1 aromatic rings. The van der Waals surface area contributed by atoms with Crippen molar-refractivity contribution in [2.75, 3.05) is 7.11 Å². The third kappa shape index (κ3) is 2.38. The van der Waals surface area contributed by atoms with Crippen LogP contribution in [-0.2, 0) is 0 Å². The molecule has 4 heteroatoms. The van der Waals surface area contributed by atoms with Gasteiger partial charge in [0.1, 0.15) is 11.9 Å². The van der Waals surface area contributed by atoms with Gasteiger partial charge < -0.3 is 14.9 Å². The Hall–Kier alpha value is -0.770. The average molecular weight is 217 g/mol. The molecule has 0 radical (unpaired) electrons. The van der Waals surface area contributed by atoms with Gasteiger partial charge in [-0.1, -0.05) is 17.7 Å². The van der Waals surface area contributed by atoms with Crippen LogP contribution in [0.25, 0.3) is 0 Å². The monoisotopic (exact) mass is 216 g/mol. The van der Waals surface area contributed by atoms with E-state index in [9.17, 15) is 5.11 Å². The molecule has 0 aromatic heterocycles. The molecular formula is C10H13ClO3. The van der Waals surface area contributed by atoms with E-state index in [0.717, 1.165) is 0 Å². The zero-order chi connectivity index (χ0) is 10.7. The number of aliphatic hydroxyl groups excluding tert-OH is 2. The molecule has 0 aliphatic carbocycles. The minimum atomic E-state index is -0.918. The van der Waals surface area contributed by atoms with E-state index < -0.39 is 12.2 Å². The number of aliphatic hydroxyl groups is 2. The van der Waals surface area contributed by atoms with E-state index >= 15 is 0 Å². The van der Waals surface area contributed by atoms with E-state index in [1.165, 1.54) is 14.0 Å². The van der Waals surface area contributed by atoms with Gasteiger partial charge in [0.25, 0.3) is 0 Å². The van der Waals surface area contributed by atoms with E-state index in [1.54, 1.807) is 18.2 Å². The molecule has 0 spiro atoms. The second-order valence-electron chi connectivity index (χ2n) is 3.08. The summed E-state index contributed by atoms with van der Waals surface area (Å²) in [6, 6.07) is 4.91. The molecule has 2 N–H and O–H groups in total. The van der Waals surface area contributed by atoms with E-state index in [0.29, 0.717) is 16.3 Å². The quantitative estimate of drug-likeness (QED) is 0.810. The van der Waals surface area contributed by atoms with Crippen molar-refractivity contribution in [3.05, 3.63) is 28.8 Å². The van der Waals surface area contributed by atoms with E-state index in [1.807, 2.05) is 0 Å². The lowest BCUT2D eigenvalue weighted by molar-refractivity contribution is 0.0305. The van der Waals surface area contributed by atoms with E-state index in [-0.39, 0.29) is 0 Å². The van der Waals surface area contributed by atoms with Crippen molar-refractivity contribution in [3.63, 3.8) is 0 Å². The molecule has 2 atom stereocenters.